The number of nitrogens with one attached hydrogen (secondary N) is 2. The Kier molecular flexibility index (Phi) is 10.2. The van der Waals surface area contributed by atoms with Gasteiger partial charge in [0, 0.05) is 29.8 Å². The first-order valence-electron chi connectivity index (χ1n) is 11.1. The van der Waals surface area contributed by atoms with Gasteiger partial charge < -0.3 is 25.2 Å². The Morgan fingerprint density at radius 3 is 2.18 bits per heavy atom. The van der Waals surface area contributed by atoms with Crippen LogP contribution in [0.3, 0.4) is 0 Å². The summed E-state index contributed by atoms with van der Waals surface area (Å²) in [5, 5.41) is 17.5. The van der Waals surface area contributed by atoms with Crippen LogP contribution in [0.4, 0.5) is 5.69 Å². The fraction of sp³-hybridized carbons (Fsp3) is 0.440. The predicted molar refractivity (Wildman–Crippen MR) is 129 cm³/mol. The molecule has 0 bridgehead atoms. The smallest absolute Gasteiger partial charge is 0.327 e. The van der Waals surface area contributed by atoms with E-state index in [-0.39, 0.29) is 19.3 Å². The molecular formula is C25H33ClN2O5. The molecule has 2 unspecified atom stereocenters. The summed E-state index contributed by atoms with van der Waals surface area (Å²) in [6.07, 6.45) is -0.658. The molecule has 0 aliphatic carbocycles. The minimum atomic E-state index is -1.53. The van der Waals surface area contributed by atoms with Gasteiger partial charge in [-0.25, -0.2) is 0 Å². The van der Waals surface area contributed by atoms with E-state index in [0.717, 1.165) is 11.3 Å². The largest absolute Gasteiger partial charge is 0.465 e. The Balaban J connectivity index is 1.95. The van der Waals surface area contributed by atoms with Crippen molar-refractivity contribution in [3.8, 4) is 0 Å². The van der Waals surface area contributed by atoms with Gasteiger partial charge >= 0.3 is 11.9 Å². The third kappa shape index (κ3) is 7.19. The second-order valence-corrected chi connectivity index (χ2v) is 8.34. The van der Waals surface area contributed by atoms with Gasteiger partial charge in [-0.05, 0) is 63.1 Å². The molecule has 0 spiro atoms. The van der Waals surface area contributed by atoms with E-state index in [0.29, 0.717) is 23.7 Å². The van der Waals surface area contributed by atoms with Crippen molar-refractivity contribution in [3.05, 3.63) is 64.7 Å². The molecule has 0 aliphatic rings. The lowest BCUT2D eigenvalue weighted by atomic mass is 9.82. The first-order valence-corrected chi connectivity index (χ1v) is 11.5. The number of ether oxygens (including phenoxy) is 2. The van der Waals surface area contributed by atoms with E-state index in [4.69, 9.17) is 21.1 Å². The predicted octanol–water partition coefficient (Wildman–Crippen LogP) is 3.85. The quantitative estimate of drug-likeness (QED) is 0.316. The van der Waals surface area contributed by atoms with Crippen LogP contribution in [0.5, 0.6) is 0 Å². The van der Waals surface area contributed by atoms with Crippen molar-refractivity contribution in [2.24, 2.45) is 0 Å². The molecule has 0 aliphatic heterocycles. The molecule has 0 amide bonds. The van der Waals surface area contributed by atoms with Gasteiger partial charge in [-0.15, -0.1) is 0 Å². The van der Waals surface area contributed by atoms with Crippen LogP contribution in [0.25, 0.3) is 0 Å². The van der Waals surface area contributed by atoms with Gasteiger partial charge in [0.05, 0.1) is 19.3 Å². The molecule has 7 nitrogen and oxygen atoms in total. The zero-order valence-electron chi connectivity index (χ0n) is 19.6. The summed E-state index contributed by atoms with van der Waals surface area (Å²) in [5.41, 5.74) is 0.561. The van der Waals surface area contributed by atoms with Crippen molar-refractivity contribution in [1.82, 2.24) is 5.32 Å². The number of rotatable bonds is 12. The van der Waals surface area contributed by atoms with Crippen LogP contribution in [-0.4, -0.2) is 49.4 Å². The molecule has 2 aromatic carbocycles. The van der Waals surface area contributed by atoms with E-state index in [1.54, 1.807) is 50.2 Å². The summed E-state index contributed by atoms with van der Waals surface area (Å²) in [6, 6.07) is 14.3. The Hall–Kier alpha value is -2.61. The SMILES string of the molecule is CCOC(=O)C(C)(C(=O)OCC)c1ccc(NCC(C)NCC(O)c2cccc(Cl)c2)cc1. The highest BCUT2D eigenvalue weighted by molar-refractivity contribution is 6.30. The molecule has 0 heterocycles. The van der Waals surface area contributed by atoms with Crippen LogP contribution in [-0.2, 0) is 24.5 Å². The molecular weight excluding hydrogens is 444 g/mol. The van der Waals surface area contributed by atoms with Crippen LogP contribution in [0.1, 0.15) is 44.9 Å². The van der Waals surface area contributed by atoms with Crippen LogP contribution < -0.4 is 10.6 Å². The molecule has 180 valence electrons. The standard InChI is InChI=1S/C25H33ClN2O5/c1-5-32-23(30)25(4,24(31)33-6-2)19-10-12-21(13-11-19)28-15-17(3)27-16-22(29)18-8-7-9-20(26)14-18/h7-14,17,22,27-29H,5-6,15-16H2,1-4H3. The zero-order chi connectivity index (χ0) is 24.4. The van der Waals surface area contributed by atoms with Gasteiger partial charge in [0.25, 0.3) is 0 Å². The average molecular weight is 477 g/mol. The number of esters is 2. The van der Waals surface area contributed by atoms with Gasteiger partial charge in [-0.1, -0.05) is 35.9 Å². The third-order valence-corrected chi connectivity index (χ3v) is 5.57. The van der Waals surface area contributed by atoms with Crippen molar-refractivity contribution in [3.63, 3.8) is 0 Å². The lowest BCUT2D eigenvalue weighted by Gasteiger charge is -2.25. The second-order valence-electron chi connectivity index (χ2n) is 7.90. The molecule has 2 atom stereocenters. The van der Waals surface area contributed by atoms with Crippen molar-refractivity contribution in [1.29, 1.82) is 0 Å². The first-order chi connectivity index (χ1) is 15.7. The third-order valence-electron chi connectivity index (χ3n) is 5.34. The van der Waals surface area contributed by atoms with E-state index in [2.05, 4.69) is 10.6 Å². The normalized spacial score (nSPS) is 13.2. The first kappa shape index (κ1) is 26.6. The maximum absolute atomic E-state index is 12.6. The number of aliphatic hydroxyl groups excluding tert-OH is 1. The molecule has 33 heavy (non-hydrogen) atoms. The highest BCUT2D eigenvalue weighted by Gasteiger charge is 2.46. The van der Waals surface area contributed by atoms with Crippen molar-refractivity contribution < 1.29 is 24.2 Å². The van der Waals surface area contributed by atoms with E-state index in [9.17, 15) is 14.7 Å². The van der Waals surface area contributed by atoms with Crippen LogP contribution in [0.2, 0.25) is 5.02 Å². The number of halogens is 1. The van der Waals surface area contributed by atoms with Crippen LogP contribution >= 0.6 is 11.6 Å². The summed E-state index contributed by atoms with van der Waals surface area (Å²) >= 11 is 5.98. The summed E-state index contributed by atoms with van der Waals surface area (Å²) < 4.78 is 10.3. The maximum atomic E-state index is 12.6. The van der Waals surface area contributed by atoms with Gasteiger partial charge in [-0.2, -0.15) is 0 Å². The van der Waals surface area contributed by atoms with E-state index >= 15 is 0 Å². The van der Waals surface area contributed by atoms with Crippen molar-refractivity contribution in [2.75, 3.05) is 31.6 Å². The molecule has 0 aromatic heterocycles. The average Bonchev–Trinajstić information content (AvgIpc) is 2.81. The second kappa shape index (κ2) is 12.6. The van der Waals surface area contributed by atoms with E-state index in [1.807, 2.05) is 19.1 Å². The number of carbonyl (C=O) groups is 2. The minimum absolute atomic E-state index is 0.0721. The highest BCUT2D eigenvalue weighted by Crippen LogP contribution is 2.29. The number of hydrogen-bond donors (Lipinski definition) is 3. The highest BCUT2D eigenvalue weighted by atomic mass is 35.5. The lowest BCUT2D eigenvalue weighted by molar-refractivity contribution is -0.163. The summed E-state index contributed by atoms with van der Waals surface area (Å²) in [5.74, 6) is -1.28. The number of carbonyl (C=O) groups excluding carboxylic acids is 2. The maximum Gasteiger partial charge on any atom is 0.327 e. The Morgan fingerprint density at radius 2 is 1.64 bits per heavy atom. The van der Waals surface area contributed by atoms with Crippen LogP contribution in [0.15, 0.2) is 48.5 Å². The van der Waals surface area contributed by atoms with E-state index in [1.165, 1.54) is 6.92 Å². The lowest BCUT2D eigenvalue weighted by Crippen LogP contribution is -2.43. The molecule has 0 saturated carbocycles. The zero-order valence-corrected chi connectivity index (χ0v) is 20.3. The van der Waals surface area contributed by atoms with E-state index < -0.39 is 23.5 Å². The van der Waals surface area contributed by atoms with Crippen molar-refractivity contribution in [2.45, 2.75) is 45.3 Å². The summed E-state index contributed by atoms with van der Waals surface area (Å²) in [7, 11) is 0. The topological polar surface area (TPSA) is 96.9 Å². The monoisotopic (exact) mass is 476 g/mol. The number of hydrogen-bond acceptors (Lipinski definition) is 7. The van der Waals surface area contributed by atoms with Gasteiger partial charge in [-0.3, -0.25) is 9.59 Å². The van der Waals surface area contributed by atoms with Crippen LogP contribution in [0, 0.1) is 0 Å². The Bertz CT molecular complexity index is 901. The number of benzene rings is 2. The molecule has 8 heteroatoms. The minimum Gasteiger partial charge on any atom is -0.465 e. The molecule has 2 rings (SSSR count). The Morgan fingerprint density at radius 1 is 1.03 bits per heavy atom. The summed E-state index contributed by atoms with van der Waals surface area (Å²) in [6.45, 7) is 8.25. The molecule has 0 fully saturated rings. The summed E-state index contributed by atoms with van der Waals surface area (Å²) in [4.78, 5) is 25.1. The molecule has 0 saturated heterocycles. The fourth-order valence-corrected chi connectivity index (χ4v) is 3.48. The van der Waals surface area contributed by atoms with Gasteiger partial charge in [0.15, 0.2) is 5.41 Å². The molecule has 0 radical (unpaired) electrons. The Labute approximate surface area is 200 Å². The number of anilines is 1. The fourth-order valence-electron chi connectivity index (χ4n) is 3.28. The molecule has 2 aromatic rings. The van der Waals surface area contributed by atoms with Gasteiger partial charge in [0.1, 0.15) is 0 Å². The van der Waals surface area contributed by atoms with Crippen molar-refractivity contribution >= 4 is 29.2 Å². The molecule has 3 N–H and O–H groups in total. The number of aliphatic hydroxyl groups is 1. The van der Waals surface area contributed by atoms with Gasteiger partial charge in [0.2, 0.25) is 0 Å².